The van der Waals surface area contributed by atoms with Gasteiger partial charge in [-0.2, -0.15) is 0 Å². The number of rotatable bonds is 4. The van der Waals surface area contributed by atoms with E-state index in [4.69, 9.17) is 9.84 Å². The Kier molecular flexibility index (Phi) is 3.95. The monoisotopic (exact) mass is 272 g/mol. The van der Waals surface area contributed by atoms with Crippen LogP contribution >= 0.6 is 0 Å². The summed E-state index contributed by atoms with van der Waals surface area (Å²) in [5.74, 6) is -0.899. The molecule has 0 aliphatic heterocycles. The summed E-state index contributed by atoms with van der Waals surface area (Å²) in [7, 11) is 1.55. The van der Waals surface area contributed by atoms with E-state index in [1.54, 1.807) is 31.4 Å². The minimum absolute atomic E-state index is 0.174. The minimum Gasteiger partial charge on any atom is -0.497 e. The third-order valence-electron chi connectivity index (χ3n) is 2.59. The van der Waals surface area contributed by atoms with Gasteiger partial charge in [-0.05, 0) is 36.4 Å². The number of amides is 1. The van der Waals surface area contributed by atoms with Crippen LogP contribution in [0.25, 0.3) is 0 Å². The van der Waals surface area contributed by atoms with Gasteiger partial charge in [-0.3, -0.25) is 4.79 Å². The summed E-state index contributed by atoms with van der Waals surface area (Å²) in [5, 5.41) is 11.5. The molecule has 102 valence electrons. The van der Waals surface area contributed by atoms with Crippen LogP contribution in [0.5, 0.6) is 5.75 Å². The van der Waals surface area contributed by atoms with Crippen molar-refractivity contribution in [3.05, 3.63) is 53.9 Å². The van der Waals surface area contributed by atoms with Gasteiger partial charge in [-0.15, -0.1) is 0 Å². The van der Waals surface area contributed by atoms with E-state index in [0.29, 0.717) is 11.4 Å². The van der Waals surface area contributed by atoms with E-state index in [-0.39, 0.29) is 11.3 Å². The average molecular weight is 272 g/mol. The molecule has 0 bridgehead atoms. The zero-order valence-corrected chi connectivity index (χ0v) is 10.7. The lowest BCUT2D eigenvalue weighted by Crippen LogP contribution is -2.13. The number of carboxylic acid groups (broad SMARTS) is 1. The number of ether oxygens (including phenoxy) is 1. The van der Waals surface area contributed by atoms with Crippen LogP contribution in [0, 0.1) is 0 Å². The van der Waals surface area contributed by atoms with Crippen molar-refractivity contribution >= 4 is 17.6 Å². The number of carbonyl (C=O) groups is 2. The van der Waals surface area contributed by atoms with Gasteiger partial charge in [0.1, 0.15) is 11.4 Å². The predicted molar refractivity (Wildman–Crippen MR) is 72.1 cm³/mol. The Bertz CT molecular complexity index is 638. The number of hydrogen-bond donors (Lipinski definition) is 2. The van der Waals surface area contributed by atoms with Gasteiger partial charge in [-0.1, -0.05) is 0 Å². The normalized spacial score (nSPS) is 9.85. The topological polar surface area (TPSA) is 88.5 Å². The number of carbonyl (C=O) groups excluding carboxylic acids is 1. The zero-order valence-electron chi connectivity index (χ0n) is 10.7. The molecule has 0 aliphatic carbocycles. The van der Waals surface area contributed by atoms with Crippen molar-refractivity contribution in [3.8, 4) is 5.75 Å². The molecule has 0 saturated carbocycles. The standard InChI is InChI=1S/C14H12N2O4/c1-20-11-4-2-10(3-5-11)16-13(17)9-6-7-15-12(8-9)14(18)19/h2-8H,1H3,(H,16,17)(H,18,19). The summed E-state index contributed by atoms with van der Waals surface area (Å²) < 4.78 is 5.01. The van der Waals surface area contributed by atoms with E-state index in [9.17, 15) is 9.59 Å². The maximum Gasteiger partial charge on any atom is 0.354 e. The van der Waals surface area contributed by atoms with Crippen LogP contribution in [0.15, 0.2) is 42.6 Å². The molecule has 6 nitrogen and oxygen atoms in total. The van der Waals surface area contributed by atoms with Gasteiger partial charge in [0, 0.05) is 17.4 Å². The molecule has 1 amide bonds. The van der Waals surface area contributed by atoms with Crippen molar-refractivity contribution in [1.29, 1.82) is 0 Å². The Morgan fingerprint density at radius 3 is 2.50 bits per heavy atom. The van der Waals surface area contributed by atoms with Crippen LogP contribution in [-0.2, 0) is 0 Å². The average Bonchev–Trinajstić information content (AvgIpc) is 2.48. The van der Waals surface area contributed by atoms with Crippen molar-refractivity contribution in [2.75, 3.05) is 12.4 Å². The van der Waals surface area contributed by atoms with E-state index < -0.39 is 11.9 Å². The van der Waals surface area contributed by atoms with Gasteiger partial charge >= 0.3 is 5.97 Å². The first-order chi connectivity index (χ1) is 9.60. The number of benzene rings is 1. The smallest absolute Gasteiger partial charge is 0.354 e. The van der Waals surface area contributed by atoms with E-state index >= 15 is 0 Å². The third-order valence-corrected chi connectivity index (χ3v) is 2.59. The number of aromatic carboxylic acids is 1. The second-order valence-electron chi connectivity index (χ2n) is 3.92. The lowest BCUT2D eigenvalue weighted by molar-refractivity contribution is 0.0690. The fourth-order valence-corrected chi connectivity index (χ4v) is 1.57. The number of pyridine rings is 1. The maximum atomic E-state index is 12.0. The van der Waals surface area contributed by atoms with E-state index in [0.717, 1.165) is 0 Å². The highest BCUT2D eigenvalue weighted by atomic mass is 16.5. The van der Waals surface area contributed by atoms with Crippen LogP contribution in [0.4, 0.5) is 5.69 Å². The van der Waals surface area contributed by atoms with Crippen LogP contribution in [-0.4, -0.2) is 29.1 Å². The molecular weight excluding hydrogens is 260 g/mol. The largest absolute Gasteiger partial charge is 0.497 e. The fourth-order valence-electron chi connectivity index (χ4n) is 1.57. The Labute approximate surface area is 115 Å². The molecular formula is C14H12N2O4. The first-order valence-electron chi connectivity index (χ1n) is 5.75. The number of hydrogen-bond acceptors (Lipinski definition) is 4. The molecule has 2 N–H and O–H groups in total. The molecule has 1 aromatic heterocycles. The van der Waals surface area contributed by atoms with Gasteiger partial charge < -0.3 is 15.2 Å². The zero-order chi connectivity index (χ0) is 14.5. The summed E-state index contributed by atoms with van der Waals surface area (Å²) >= 11 is 0. The minimum atomic E-state index is -1.18. The SMILES string of the molecule is COc1ccc(NC(=O)c2ccnc(C(=O)O)c2)cc1. The summed E-state index contributed by atoms with van der Waals surface area (Å²) in [6.45, 7) is 0. The van der Waals surface area contributed by atoms with Crippen LogP contribution in [0.2, 0.25) is 0 Å². The van der Waals surface area contributed by atoms with Crippen molar-refractivity contribution < 1.29 is 19.4 Å². The van der Waals surface area contributed by atoms with E-state index in [1.165, 1.54) is 18.3 Å². The van der Waals surface area contributed by atoms with Crippen LogP contribution in [0.3, 0.4) is 0 Å². The molecule has 0 unspecified atom stereocenters. The number of methoxy groups -OCH3 is 1. The summed E-state index contributed by atoms with van der Waals surface area (Å²) in [5.41, 5.74) is 0.644. The highest BCUT2D eigenvalue weighted by Crippen LogP contribution is 2.16. The number of carboxylic acids is 1. The van der Waals surface area contributed by atoms with Gasteiger partial charge in [0.15, 0.2) is 0 Å². The molecule has 1 aromatic carbocycles. The Morgan fingerprint density at radius 2 is 1.90 bits per heavy atom. The van der Waals surface area contributed by atoms with Gasteiger partial charge in [-0.25, -0.2) is 9.78 Å². The fraction of sp³-hybridized carbons (Fsp3) is 0.0714. The third kappa shape index (κ3) is 3.11. The Hall–Kier alpha value is -2.89. The van der Waals surface area contributed by atoms with Crippen LogP contribution in [0.1, 0.15) is 20.8 Å². The van der Waals surface area contributed by atoms with Gasteiger partial charge in [0.25, 0.3) is 5.91 Å². The highest BCUT2D eigenvalue weighted by molar-refractivity contribution is 6.05. The lowest BCUT2D eigenvalue weighted by Gasteiger charge is -2.06. The quantitative estimate of drug-likeness (QED) is 0.889. The summed E-state index contributed by atoms with van der Waals surface area (Å²) in [6, 6.07) is 9.48. The van der Waals surface area contributed by atoms with Crippen molar-refractivity contribution in [2.45, 2.75) is 0 Å². The predicted octanol–water partition coefficient (Wildman–Crippen LogP) is 2.04. The second kappa shape index (κ2) is 5.83. The molecule has 0 aliphatic rings. The van der Waals surface area contributed by atoms with Crippen LogP contribution < -0.4 is 10.1 Å². The second-order valence-corrected chi connectivity index (χ2v) is 3.92. The molecule has 2 rings (SSSR count). The summed E-state index contributed by atoms with van der Waals surface area (Å²) in [6.07, 6.45) is 1.28. The van der Waals surface area contributed by atoms with Gasteiger partial charge in [0.05, 0.1) is 7.11 Å². The highest BCUT2D eigenvalue weighted by Gasteiger charge is 2.10. The summed E-state index contributed by atoms with van der Waals surface area (Å²) in [4.78, 5) is 26.4. The molecule has 2 aromatic rings. The van der Waals surface area contributed by atoms with Gasteiger partial charge in [0.2, 0.25) is 0 Å². The lowest BCUT2D eigenvalue weighted by atomic mass is 10.2. The maximum absolute atomic E-state index is 12.0. The number of nitrogens with zero attached hydrogens (tertiary/aromatic N) is 1. The number of anilines is 1. The number of nitrogens with one attached hydrogen (secondary N) is 1. The molecule has 0 saturated heterocycles. The molecule has 0 spiro atoms. The van der Waals surface area contributed by atoms with Crippen molar-refractivity contribution in [1.82, 2.24) is 4.98 Å². The number of aromatic nitrogens is 1. The van der Waals surface area contributed by atoms with E-state index in [1.807, 2.05) is 0 Å². The first kappa shape index (κ1) is 13.5. The molecule has 0 radical (unpaired) electrons. The molecule has 0 fully saturated rings. The van der Waals surface area contributed by atoms with Crippen molar-refractivity contribution in [2.24, 2.45) is 0 Å². The molecule has 0 atom stereocenters. The molecule has 6 heteroatoms. The van der Waals surface area contributed by atoms with E-state index in [2.05, 4.69) is 10.3 Å². The Morgan fingerprint density at radius 1 is 1.20 bits per heavy atom. The van der Waals surface area contributed by atoms with Crippen molar-refractivity contribution in [3.63, 3.8) is 0 Å². The Balaban J connectivity index is 2.14. The first-order valence-corrected chi connectivity index (χ1v) is 5.75. The molecule has 1 heterocycles. The molecule has 20 heavy (non-hydrogen) atoms.